The van der Waals surface area contributed by atoms with Gasteiger partial charge in [0, 0.05) is 18.7 Å². The Morgan fingerprint density at radius 2 is 2.18 bits per heavy atom. The molecule has 0 aromatic rings. The second-order valence-corrected chi connectivity index (χ2v) is 2.42. The topological polar surface area (TPSA) is 63.9 Å². The van der Waals surface area contributed by atoms with Gasteiger partial charge in [-0.3, -0.25) is 0 Å². The predicted octanol–water partition coefficient (Wildman–Crippen LogP) is -1.30. The normalized spacial score (nSPS) is 23.5. The first-order valence-electron chi connectivity index (χ1n) is 3.27. The first-order chi connectivity index (χ1) is 5.13. The average Bonchev–Trinajstić information content (AvgIpc) is 1.94. The molecular formula is C6H10BNO3. The van der Waals surface area contributed by atoms with Crippen molar-refractivity contribution >= 4 is 7.12 Å². The van der Waals surface area contributed by atoms with E-state index in [1.807, 2.05) is 0 Å². The lowest BCUT2D eigenvalue weighted by atomic mass is 9.77. The lowest BCUT2D eigenvalue weighted by Gasteiger charge is -2.26. The molecule has 11 heavy (non-hydrogen) atoms. The molecule has 60 valence electrons. The van der Waals surface area contributed by atoms with Crippen LogP contribution in [0.2, 0.25) is 0 Å². The van der Waals surface area contributed by atoms with Crippen molar-refractivity contribution in [3.05, 3.63) is 23.8 Å². The Morgan fingerprint density at radius 1 is 1.55 bits per heavy atom. The van der Waals surface area contributed by atoms with Crippen LogP contribution in [0.25, 0.3) is 0 Å². The van der Waals surface area contributed by atoms with E-state index in [1.54, 1.807) is 19.3 Å². The zero-order valence-electron chi connectivity index (χ0n) is 6.18. The van der Waals surface area contributed by atoms with Crippen molar-refractivity contribution < 1.29 is 15.2 Å². The Labute approximate surface area is 65.2 Å². The number of aliphatic hydroxyl groups excluding tert-OH is 1. The number of aliphatic hydroxyl groups is 1. The van der Waals surface area contributed by atoms with Crippen LogP contribution in [0.15, 0.2) is 23.8 Å². The van der Waals surface area contributed by atoms with Gasteiger partial charge in [0.1, 0.15) is 6.23 Å². The van der Waals surface area contributed by atoms with E-state index in [-0.39, 0.29) is 5.47 Å². The van der Waals surface area contributed by atoms with Crippen LogP contribution < -0.4 is 0 Å². The summed E-state index contributed by atoms with van der Waals surface area (Å²) in [5.41, 5.74) is 0.190. The van der Waals surface area contributed by atoms with Crippen molar-refractivity contribution in [1.82, 2.24) is 4.90 Å². The SMILES string of the molecule is CN1C=CC=C(B(O)O)C1O. The van der Waals surface area contributed by atoms with E-state index in [2.05, 4.69) is 0 Å². The van der Waals surface area contributed by atoms with Gasteiger partial charge in [0.25, 0.3) is 0 Å². The van der Waals surface area contributed by atoms with Crippen molar-refractivity contribution in [1.29, 1.82) is 0 Å². The summed E-state index contributed by atoms with van der Waals surface area (Å²) < 4.78 is 0. The molecule has 0 aliphatic carbocycles. The van der Waals surface area contributed by atoms with Gasteiger partial charge >= 0.3 is 7.12 Å². The number of hydrogen-bond donors (Lipinski definition) is 3. The minimum atomic E-state index is -1.59. The molecule has 1 aliphatic heterocycles. The van der Waals surface area contributed by atoms with Crippen LogP contribution in [0.5, 0.6) is 0 Å². The molecule has 4 nitrogen and oxygen atoms in total. The summed E-state index contributed by atoms with van der Waals surface area (Å²) in [5.74, 6) is 0. The number of allylic oxidation sites excluding steroid dienone is 2. The summed E-state index contributed by atoms with van der Waals surface area (Å²) in [5, 5.41) is 26.8. The third-order valence-corrected chi connectivity index (χ3v) is 1.59. The van der Waals surface area contributed by atoms with E-state index in [1.165, 1.54) is 11.0 Å². The zero-order valence-corrected chi connectivity index (χ0v) is 6.18. The van der Waals surface area contributed by atoms with Gasteiger partial charge in [-0.05, 0) is 6.08 Å². The third-order valence-electron chi connectivity index (χ3n) is 1.59. The standard InChI is InChI=1S/C6H10BNO3/c1-8-4-2-3-5(6(8)9)7(10)11/h2-4,6,9-11H,1H3. The van der Waals surface area contributed by atoms with Crippen molar-refractivity contribution in [3.8, 4) is 0 Å². The maximum Gasteiger partial charge on any atom is 0.488 e. The lowest BCUT2D eigenvalue weighted by molar-refractivity contribution is 0.0885. The number of nitrogens with zero attached hydrogens (tertiary/aromatic N) is 1. The molecule has 1 aliphatic rings. The third kappa shape index (κ3) is 1.62. The van der Waals surface area contributed by atoms with Gasteiger partial charge in [0.15, 0.2) is 0 Å². The van der Waals surface area contributed by atoms with Crippen LogP contribution >= 0.6 is 0 Å². The Hall–Kier alpha value is -0.775. The van der Waals surface area contributed by atoms with Crippen LogP contribution in [0.4, 0.5) is 0 Å². The molecule has 0 saturated carbocycles. The average molecular weight is 155 g/mol. The summed E-state index contributed by atoms with van der Waals surface area (Å²) in [7, 11) is 0.0636. The fourth-order valence-corrected chi connectivity index (χ4v) is 0.912. The molecule has 1 rings (SSSR count). The summed E-state index contributed by atoms with van der Waals surface area (Å²) in [6, 6.07) is 0. The fourth-order valence-electron chi connectivity index (χ4n) is 0.912. The smallest absolute Gasteiger partial charge is 0.423 e. The van der Waals surface area contributed by atoms with E-state index in [0.29, 0.717) is 0 Å². The summed E-state index contributed by atoms with van der Waals surface area (Å²) in [6.07, 6.45) is 3.84. The summed E-state index contributed by atoms with van der Waals surface area (Å²) in [6.45, 7) is 0. The Bertz CT molecular complexity index is 202. The van der Waals surface area contributed by atoms with E-state index < -0.39 is 13.3 Å². The first-order valence-corrected chi connectivity index (χ1v) is 3.27. The van der Waals surface area contributed by atoms with E-state index in [0.717, 1.165) is 0 Å². The van der Waals surface area contributed by atoms with Gasteiger partial charge in [-0.1, -0.05) is 6.08 Å². The van der Waals surface area contributed by atoms with E-state index in [9.17, 15) is 5.11 Å². The maximum absolute atomic E-state index is 9.29. The largest absolute Gasteiger partial charge is 0.488 e. The van der Waals surface area contributed by atoms with Gasteiger partial charge in [-0.15, -0.1) is 0 Å². The Balaban J connectivity index is 2.78. The molecule has 1 unspecified atom stereocenters. The van der Waals surface area contributed by atoms with Crippen molar-refractivity contribution in [3.63, 3.8) is 0 Å². The minimum Gasteiger partial charge on any atom is -0.423 e. The van der Waals surface area contributed by atoms with Crippen LogP contribution in [0, 0.1) is 0 Å². The van der Waals surface area contributed by atoms with Gasteiger partial charge < -0.3 is 20.1 Å². The molecule has 1 atom stereocenters. The molecule has 0 saturated heterocycles. The Kier molecular flexibility index (Phi) is 2.33. The highest BCUT2D eigenvalue weighted by atomic mass is 16.4. The van der Waals surface area contributed by atoms with Crippen LogP contribution in [-0.2, 0) is 0 Å². The molecule has 1 heterocycles. The molecular weight excluding hydrogens is 145 g/mol. The molecule has 5 heteroatoms. The molecule has 0 aromatic heterocycles. The molecule has 0 bridgehead atoms. The van der Waals surface area contributed by atoms with Crippen LogP contribution in [0.3, 0.4) is 0 Å². The number of rotatable bonds is 1. The Morgan fingerprint density at radius 3 is 2.64 bits per heavy atom. The monoisotopic (exact) mass is 155 g/mol. The molecule has 0 spiro atoms. The van der Waals surface area contributed by atoms with E-state index >= 15 is 0 Å². The van der Waals surface area contributed by atoms with Gasteiger partial charge in [-0.25, -0.2) is 0 Å². The molecule has 0 radical (unpaired) electrons. The predicted molar refractivity (Wildman–Crippen MR) is 41.2 cm³/mol. The van der Waals surface area contributed by atoms with E-state index in [4.69, 9.17) is 10.0 Å². The van der Waals surface area contributed by atoms with Crippen molar-refractivity contribution in [2.24, 2.45) is 0 Å². The summed E-state index contributed by atoms with van der Waals surface area (Å²) in [4.78, 5) is 1.48. The molecule has 0 aromatic carbocycles. The second-order valence-electron chi connectivity index (χ2n) is 2.42. The minimum absolute atomic E-state index is 0.190. The van der Waals surface area contributed by atoms with Crippen molar-refractivity contribution in [2.75, 3.05) is 7.05 Å². The highest BCUT2D eigenvalue weighted by molar-refractivity contribution is 6.51. The van der Waals surface area contributed by atoms with Crippen molar-refractivity contribution in [2.45, 2.75) is 6.23 Å². The number of hydrogen-bond acceptors (Lipinski definition) is 4. The van der Waals surface area contributed by atoms with Crippen LogP contribution in [-0.4, -0.2) is 40.4 Å². The summed E-state index contributed by atoms with van der Waals surface area (Å²) >= 11 is 0. The zero-order chi connectivity index (χ0) is 8.43. The van der Waals surface area contributed by atoms with Gasteiger partial charge in [-0.2, -0.15) is 0 Å². The highest BCUT2D eigenvalue weighted by Gasteiger charge is 2.25. The second kappa shape index (κ2) is 3.08. The lowest BCUT2D eigenvalue weighted by Crippen LogP contribution is -2.37. The molecule has 3 N–H and O–H groups in total. The van der Waals surface area contributed by atoms with Crippen LogP contribution in [0.1, 0.15) is 0 Å². The quantitative estimate of drug-likeness (QED) is 0.412. The van der Waals surface area contributed by atoms with Gasteiger partial charge in [0.05, 0.1) is 0 Å². The maximum atomic E-state index is 9.29. The molecule has 0 amide bonds. The highest BCUT2D eigenvalue weighted by Crippen LogP contribution is 2.12. The number of likely N-dealkylation sites (N-methyl/N-ethyl adjacent to an activating group) is 1. The molecule has 0 fully saturated rings. The fraction of sp³-hybridized carbons (Fsp3) is 0.333. The first kappa shape index (κ1) is 8.32. The van der Waals surface area contributed by atoms with Gasteiger partial charge in [0.2, 0.25) is 0 Å².